The average Bonchev–Trinajstić information content (AvgIpc) is 2.52. The number of nitrogens with two attached hydrogens (primary N) is 1. The van der Waals surface area contributed by atoms with Crippen LogP contribution < -0.4 is 20.5 Å². The summed E-state index contributed by atoms with van der Waals surface area (Å²) in [5.74, 6) is 0.159. The number of primary amides is 1. The van der Waals surface area contributed by atoms with Gasteiger partial charge in [0, 0.05) is 31.2 Å². The third-order valence-corrected chi connectivity index (χ3v) is 3.44. The number of piperazine rings is 1. The lowest BCUT2D eigenvalue weighted by atomic mass is 10.1. The van der Waals surface area contributed by atoms with Crippen LogP contribution >= 0.6 is 0 Å². The number of ether oxygens (including phenoxy) is 2. The second-order valence-corrected chi connectivity index (χ2v) is 5.23. The zero-order valence-corrected chi connectivity index (χ0v) is 12.8. The predicted molar refractivity (Wildman–Crippen MR) is 81.1 cm³/mol. The maximum atomic E-state index is 12.5. The Bertz CT molecular complexity index is 562. The van der Waals surface area contributed by atoms with Gasteiger partial charge in [-0.2, -0.15) is 0 Å². The van der Waals surface area contributed by atoms with Crippen molar-refractivity contribution in [3.05, 3.63) is 23.8 Å². The third kappa shape index (κ3) is 3.88. The standard InChI is InChI=1S/C15H21N3O4/c1-10-8-18(6-5-17-10)15(20)11-3-4-12(13(7-11)21-2)22-9-14(16)19/h3-4,7,10,17H,5-6,8-9H2,1-2H3,(H2,16,19). The summed E-state index contributed by atoms with van der Waals surface area (Å²) < 4.78 is 10.5. The van der Waals surface area contributed by atoms with Crippen LogP contribution in [0.25, 0.3) is 0 Å². The van der Waals surface area contributed by atoms with E-state index in [1.54, 1.807) is 23.1 Å². The van der Waals surface area contributed by atoms with Crippen LogP contribution in [0.3, 0.4) is 0 Å². The van der Waals surface area contributed by atoms with Gasteiger partial charge in [-0.1, -0.05) is 0 Å². The van der Waals surface area contributed by atoms with Crippen molar-refractivity contribution in [1.82, 2.24) is 10.2 Å². The van der Waals surface area contributed by atoms with Crippen molar-refractivity contribution in [2.75, 3.05) is 33.4 Å². The van der Waals surface area contributed by atoms with Gasteiger partial charge in [-0.3, -0.25) is 9.59 Å². The van der Waals surface area contributed by atoms with Crippen molar-refractivity contribution < 1.29 is 19.1 Å². The predicted octanol–water partition coefficient (Wildman–Crippen LogP) is -0.00680. The first-order valence-electron chi connectivity index (χ1n) is 7.13. The minimum Gasteiger partial charge on any atom is -0.493 e. The van der Waals surface area contributed by atoms with E-state index in [1.807, 2.05) is 6.92 Å². The fraction of sp³-hybridized carbons (Fsp3) is 0.467. The Kier molecular flexibility index (Phi) is 5.21. The summed E-state index contributed by atoms with van der Waals surface area (Å²) in [7, 11) is 1.48. The van der Waals surface area contributed by atoms with Crippen molar-refractivity contribution in [2.24, 2.45) is 5.73 Å². The van der Waals surface area contributed by atoms with Gasteiger partial charge in [0.05, 0.1) is 7.11 Å². The van der Waals surface area contributed by atoms with Gasteiger partial charge >= 0.3 is 0 Å². The van der Waals surface area contributed by atoms with E-state index in [0.717, 1.165) is 6.54 Å². The summed E-state index contributed by atoms with van der Waals surface area (Å²) >= 11 is 0. The second kappa shape index (κ2) is 7.13. The average molecular weight is 307 g/mol. The van der Waals surface area contributed by atoms with Crippen molar-refractivity contribution >= 4 is 11.8 Å². The monoisotopic (exact) mass is 307 g/mol. The largest absolute Gasteiger partial charge is 0.493 e. The van der Waals surface area contributed by atoms with Crippen LogP contribution in [0.15, 0.2) is 18.2 Å². The van der Waals surface area contributed by atoms with E-state index in [0.29, 0.717) is 30.2 Å². The van der Waals surface area contributed by atoms with Gasteiger partial charge < -0.3 is 25.4 Å². The van der Waals surface area contributed by atoms with Crippen LogP contribution in [0.2, 0.25) is 0 Å². The van der Waals surface area contributed by atoms with E-state index in [2.05, 4.69) is 5.32 Å². The number of amides is 2. The van der Waals surface area contributed by atoms with E-state index in [9.17, 15) is 9.59 Å². The van der Waals surface area contributed by atoms with Gasteiger partial charge in [0.2, 0.25) is 0 Å². The van der Waals surface area contributed by atoms with Gasteiger partial charge in [-0.15, -0.1) is 0 Å². The lowest BCUT2D eigenvalue weighted by molar-refractivity contribution is -0.119. The zero-order chi connectivity index (χ0) is 16.1. The van der Waals surface area contributed by atoms with E-state index in [4.69, 9.17) is 15.2 Å². The Balaban J connectivity index is 2.14. The SMILES string of the molecule is COc1cc(C(=O)N2CCNC(C)C2)ccc1OCC(N)=O. The maximum absolute atomic E-state index is 12.5. The number of nitrogens with zero attached hydrogens (tertiary/aromatic N) is 1. The Morgan fingerprint density at radius 2 is 2.18 bits per heavy atom. The summed E-state index contributed by atoms with van der Waals surface area (Å²) in [6.45, 7) is 3.93. The summed E-state index contributed by atoms with van der Waals surface area (Å²) in [5.41, 5.74) is 5.57. The molecule has 0 spiro atoms. The van der Waals surface area contributed by atoms with Gasteiger partial charge in [0.1, 0.15) is 0 Å². The molecule has 1 aromatic rings. The lowest BCUT2D eigenvalue weighted by Gasteiger charge is -2.32. The molecular weight excluding hydrogens is 286 g/mol. The smallest absolute Gasteiger partial charge is 0.255 e. The van der Waals surface area contributed by atoms with Crippen LogP contribution in [-0.4, -0.2) is 56.1 Å². The molecule has 1 saturated heterocycles. The molecule has 2 rings (SSSR count). The number of carbonyl (C=O) groups excluding carboxylic acids is 2. The number of hydrogen-bond acceptors (Lipinski definition) is 5. The molecule has 0 aliphatic carbocycles. The fourth-order valence-corrected chi connectivity index (χ4v) is 2.37. The normalized spacial score (nSPS) is 17.9. The summed E-state index contributed by atoms with van der Waals surface area (Å²) in [6.07, 6.45) is 0. The molecule has 120 valence electrons. The molecule has 1 heterocycles. The van der Waals surface area contributed by atoms with Gasteiger partial charge in [0.15, 0.2) is 18.1 Å². The highest BCUT2D eigenvalue weighted by Gasteiger charge is 2.22. The molecule has 1 aliphatic heterocycles. The number of methoxy groups -OCH3 is 1. The number of rotatable bonds is 5. The van der Waals surface area contributed by atoms with Crippen LogP contribution in [0.1, 0.15) is 17.3 Å². The van der Waals surface area contributed by atoms with Crippen LogP contribution in [0.4, 0.5) is 0 Å². The molecule has 1 unspecified atom stereocenters. The molecule has 3 N–H and O–H groups in total. The van der Waals surface area contributed by atoms with Crippen molar-refractivity contribution in [1.29, 1.82) is 0 Å². The molecule has 1 atom stereocenters. The fourth-order valence-electron chi connectivity index (χ4n) is 2.37. The van der Waals surface area contributed by atoms with Crippen molar-refractivity contribution in [2.45, 2.75) is 13.0 Å². The molecule has 0 radical (unpaired) electrons. The quantitative estimate of drug-likeness (QED) is 0.798. The zero-order valence-electron chi connectivity index (χ0n) is 12.8. The van der Waals surface area contributed by atoms with Crippen LogP contribution in [0.5, 0.6) is 11.5 Å². The first-order chi connectivity index (χ1) is 10.5. The lowest BCUT2D eigenvalue weighted by Crippen LogP contribution is -2.51. The molecule has 1 aromatic carbocycles. The van der Waals surface area contributed by atoms with Gasteiger partial charge in [0.25, 0.3) is 11.8 Å². The summed E-state index contributed by atoms with van der Waals surface area (Å²) in [5, 5.41) is 3.29. The number of hydrogen-bond donors (Lipinski definition) is 2. The minimum atomic E-state index is -0.572. The molecule has 1 fully saturated rings. The Hall–Kier alpha value is -2.28. The molecule has 7 heteroatoms. The minimum absolute atomic E-state index is 0.0481. The van der Waals surface area contributed by atoms with Gasteiger partial charge in [-0.25, -0.2) is 0 Å². The first kappa shape index (κ1) is 16.1. The van der Waals surface area contributed by atoms with Crippen molar-refractivity contribution in [3.63, 3.8) is 0 Å². The van der Waals surface area contributed by atoms with E-state index < -0.39 is 5.91 Å². The molecule has 7 nitrogen and oxygen atoms in total. The van der Waals surface area contributed by atoms with E-state index >= 15 is 0 Å². The van der Waals surface area contributed by atoms with Gasteiger partial charge in [-0.05, 0) is 25.1 Å². The number of benzene rings is 1. The highest BCUT2D eigenvalue weighted by atomic mass is 16.5. The van der Waals surface area contributed by atoms with E-state index in [1.165, 1.54) is 7.11 Å². The molecular formula is C15H21N3O4. The number of carbonyl (C=O) groups is 2. The molecule has 0 saturated carbocycles. The Labute approximate surface area is 129 Å². The molecule has 0 aromatic heterocycles. The number of nitrogens with one attached hydrogen (secondary N) is 1. The van der Waals surface area contributed by atoms with E-state index in [-0.39, 0.29) is 18.6 Å². The highest BCUT2D eigenvalue weighted by molar-refractivity contribution is 5.95. The topological polar surface area (TPSA) is 93.9 Å². The maximum Gasteiger partial charge on any atom is 0.255 e. The Morgan fingerprint density at radius 3 is 2.82 bits per heavy atom. The third-order valence-electron chi connectivity index (χ3n) is 3.44. The molecule has 1 aliphatic rings. The van der Waals surface area contributed by atoms with Crippen LogP contribution in [-0.2, 0) is 4.79 Å². The van der Waals surface area contributed by atoms with Crippen molar-refractivity contribution in [3.8, 4) is 11.5 Å². The molecule has 2 amide bonds. The molecule has 22 heavy (non-hydrogen) atoms. The highest BCUT2D eigenvalue weighted by Crippen LogP contribution is 2.28. The summed E-state index contributed by atoms with van der Waals surface area (Å²) in [4.78, 5) is 25.1. The first-order valence-corrected chi connectivity index (χ1v) is 7.13. The second-order valence-electron chi connectivity index (χ2n) is 5.23. The Morgan fingerprint density at radius 1 is 1.41 bits per heavy atom. The summed E-state index contributed by atoms with van der Waals surface area (Å²) in [6, 6.07) is 5.16. The van der Waals surface area contributed by atoms with Crippen LogP contribution in [0, 0.1) is 0 Å². The molecule has 0 bridgehead atoms.